The molecule has 6 nitrogen and oxygen atoms in total. The number of hydrogen-bond donors (Lipinski definition) is 1. The van der Waals surface area contributed by atoms with Crippen LogP contribution in [0.4, 0.5) is 0 Å². The van der Waals surface area contributed by atoms with Crippen LogP contribution >= 0.6 is 0 Å². The molecule has 0 spiro atoms. The van der Waals surface area contributed by atoms with Gasteiger partial charge in [-0.05, 0) is 38.9 Å². The summed E-state index contributed by atoms with van der Waals surface area (Å²) in [6.07, 6.45) is 8.09. The zero-order valence-corrected chi connectivity index (χ0v) is 14.6. The van der Waals surface area contributed by atoms with Crippen molar-refractivity contribution >= 4 is 0 Å². The van der Waals surface area contributed by atoms with Gasteiger partial charge in [0.1, 0.15) is 0 Å². The minimum Gasteiger partial charge on any atom is -0.303 e. The van der Waals surface area contributed by atoms with Crippen molar-refractivity contribution < 1.29 is 28.9 Å². The van der Waals surface area contributed by atoms with Gasteiger partial charge in [-0.2, -0.15) is 19.2 Å². The fourth-order valence-electron chi connectivity index (χ4n) is 1.48. The second-order valence-corrected chi connectivity index (χ2v) is 5.31. The second-order valence-electron chi connectivity index (χ2n) is 4.52. The highest BCUT2D eigenvalue weighted by molar-refractivity contribution is 4.57. The van der Waals surface area contributed by atoms with E-state index in [0.29, 0.717) is 0 Å². The van der Waals surface area contributed by atoms with Gasteiger partial charge in [0.05, 0.1) is 21.0 Å². The first-order valence-corrected chi connectivity index (χ1v) is 8.69. The summed E-state index contributed by atoms with van der Waals surface area (Å²) in [6.45, 7) is 12.2. The number of nitrogens with zero attached hydrogens (tertiary/aromatic N) is 2. The number of halogens is 1. The Kier molecular flexibility index (Phi) is 23.8. The fourth-order valence-corrected chi connectivity index (χ4v) is 1.48. The Labute approximate surface area is 131 Å². The van der Waals surface area contributed by atoms with Gasteiger partial charge in [0.2, 0.25) is 0 Å². The van der Waals surface area contributed by atoms with Gasteiger partial charge in [0, 0.05) is 6.92 Å². The Morgan fingerprint density at radius 3 is 1.24 bits per heavy atom. The molecule has 0 radical (unpaired) electrons. The lowest BCUT2D eigenvalue weighted by Gasteiger charge is -2.21. The van der Waals surface area contributed by atoms with Crippen LogP contribution in [0.25, 0.3) is 0 Å². The fraction of sp³-hybridized carbons (Fsp3) is 0.929. The maximum absolute atomic E-state index is 8.60. The third-order valence-corrected chi connectivity index (χ3v) is 2.48. The molecule has 0 aromatic heterocycles. The average molecular weight is 327 g/mol. The summed E-state index contributed by atoms with van der Waals surface area (Å²) in [4.78, 5) is 2.64. The van der Waals surface area contributed by atoms with Crippen LogP contribution in [0.5, 0.6) is 0 Å². The van der Waals surface area contributed by atoms with Crippen molar-refractivity contribution in [2.24, 2.45) is 0 Å². The molecule has 128 valence electrons. The molecule has 0 aliphatic heterocycles. The summed E-state index contributed by atoms with van der Waals surface area (Å²) >= 11 is 0. The number of unbranched alkanes of at least 4 members (excludes halogenated alkanes) is 3. The number of rotatable bonds is 9. The van der Waals surface area contributed by atoms with Crippen molar-refractivity contribution in [1.29, 1.82) is 5.26 Å². The molecule has 0 fully saturated rings. The summed E-state index contributed by atoms with van der Waals surface area (Å²) in [5.74, 6) is 0. The topological polar surface area (TPSA) is 116 Å². The highest BCUT2D eigenvalue weighted by atomic mass is 35.7. The summed E-state index contributed by atoms with van der Waals surface area (Å²) < 4.78 is 32.7. The first kappa shape index (κ1) is 25.5. The summed E-state index contributed by atoms with van der Waals surface area (Å²) in [5.41, 5.74) is 0. The largest absolute Gasteiger partial charge is 0.303 e. The van der Waals surface area contributed by atoms with E-state index >= 15 is 0 Å². The van der Waals surface area contributed by atoms with E-state index in [1.54, 1.807) is 6.07 Å². The van der Waals surface area contributed by atoms with E-state index in [0.717, 1.165) is 0 Å². The molecular weight excluding hydrogens is 296 g/mol. The van der Waals surface area contributed by atoms with Crippen molar-refractivity contribution in [2.75, 3.05) is 19.6 Å². The molecule has 0 aliphatic rings. The first-order chi connectivity index (χ1) is 9.76. The van der Waals surface area contributed by atoms with E-state index in [9.17, 15) is 0 Å². The molecule has 0 unspecified atom stereocenters. The maximum Gasteiger partial charge on any atom is 0.0777 e. The molecule has 0 atom stereocenters. The monoisotopic (exact) mass is 326 g/mol. The van der Waals surface area contributed by atoms with E-state index in [-0.39, 0.29) is 0 Å². The average Bonchev–Trinajstić information content (AvgIpc) is 2.37. The van der Waals surface area contributed by atoms with E-state index in [1.807, 2.05) is 0 Å². The van der Waals surface area contributed by atoms with Crippen molar-refractivity contribution in [2.45, 2.75) is 66.2 Å². The molecular formula is C14H31ClN2O4. The van der Waals surface area contributed by atoms with Crippen LogP contribution in [-0.2, 0) is 0 Å². The van der Waals surface area contributed by atoms with E-state index < -0.39 is 10.2 Å². The van der Waals surface area contributed by atoms with Gasteiger partial charge in [-0.15, -0.1) is 0 Å². The predicted octanol–water partition coefficient (Wildman–Crippen LogP) is 0.0946. The molecule has 0 saturated carbocycles. The summed E-state index contributed by atoms with van der Waals surface area (Å²) in [7, 11) is -4.69. The van der Waals surface area contributed by atoms with Gasteiger partial charge >= 0.3 is 0 Å². The van der Waals surface area contributed by atoms with Gasteiger partial charge in [-0.25, -0.2) is 0 Å². The summed E-state index contributed by atoms with van der Waals surface area (Å²) in [6, 6.07) is 1.75. The Morgan fingerprint density at radius 1 is 0.905 bits per heavy atom. The van der Waals surface area contributed by atoms with Gasteiger partial charge in [-0.3, -0.25) is 0 Å². The molecule has 0 rings (SSSR count). The Hall–Kier alpha value is -0.420. The van der Waals surface area contributed by atoms with E-state index in [2.05, 4.69) is 25.7 Å². The lowest BCUT2D eigenvalue weighted by atomic mass is 10.2. The molecule has 0 aromatic rings. The second kappa shape index (κ2) is 19.6. The standard InChI is InChI=1S/C12H27N.C2H3N.ClHO4/c1-4-7-10-13(11-8-5-2)12-9-6-3;1-2-3;2-1(3,4)5/h4-12H2,1-3H3;1H3;(H,2,3,4,5). The van der Waals surface area contributed by atoms with Crippen LogP contribution in [0.3, 0.4) is 0 Å². The Morgan fingerprint density at radius 2 is 1.10 bits per heavy atom. The summed E-state index contributed by atoms with van der Waals surface area (Å²) in [5, 5.41) is 7.32. The molecule has 21 heavy (non-hydrogen) atoms. The highest BCUT2D eigenvalue weighted by Gasteiger charge is 2.01. The van der Waals surface area contributed by atoms with Gasteiger partial charge in [0.15, 0.2) is 0 Å². The van der Waals surface area contributed by atoms with Crippen LogP contribution in [0.15, 0.2) is 0 Å². The number of hydrogen-bond acceptors (Lipinski definition) is 6. The molecule has 0 bridgehead atoms. The van der Waals surface area contributed by atoms with Crippen molar-refractivity contribution in [3.05, 3.63) is 0 Å². The first-order valence-electron chi connectivity index (χ1n) is 7.43. The number of nitriles is 1. The molecule has 7 heteroatoms. The minimum absolute atomic E-state index is 1.32. The zero-order valence-electron chi connectivity index (χ0n) is 13.8. The smallest absolute Gasteiger partial charge is 0.0777 e. The Balaban J connectivity index is -0.000000335. The predicted molar refractivity (Wildman–Crippen MR) is 74.7 cm³/mol. The van der Waals surface area contributed by atoms with Gasteiger partial charge in [0.25, 0.3) is 0 Å². The lowest BCUT2D eigenvalue weighted by Crippen LogP contribution is -2.58. The molecule has 0 aliphatic carbocycles. The third kappa shape index (κ3) is 45.1. The van der Waals surface area contributed by atoms with Crippen molar-refractivity contribution in [3.8, 4) is 6.07 Å². The van der Waals surface area contributed by atoms with Crippen LogP contribution < -0.4 is 14.0 Å². The maximum atomic E-state index is 8.60. The van der Waals surface area contributed by atoms with Crippen LogP contribution in [-0.4, -0.2) is 29.2 Å². The Bertz CT molecular complexity index is 205. The minimum atomic E-state index is -4.69. The van der Waals surface area contributed by atoms with Crippen LogP contribution in [0.1, 0.15) is 66.2 Å². The molecule has 0 aromatic carbocycles. The van der Waals surface area contributed by atoms with Crippen LogP contribution in [0.2, 0.25) is 0 Å². The zero-order chi connectivity index (χ0) is 17.1. The SMILES string of the molecule is CC#N.CCCCN(CCCC)CCCC.[O-][Cl+3]([O-])([O-])O. The van der Waals surface area contributed by atoms with Crippen molar-refractivity contribution in [1.82, 2.24) is 4.90 Å². The molecule has 0 saturated heterocycles. The van der Waals surface area contributed by atoms with E-state index in [4.69, 9.17) is 23.9 Å². The molecule has 1 N–H and O–H groups in total. The van der Waals surface area contributed by atoms with Gasteiger partial charge < -0.3 is 4.90 Å². The normalized spacial score (nSPS) is 10.1. The van der Waals surface area contributed by atoms with Gasteiger partial charge in [-0.1, -0.05) is 40.0 Å². The molecule has 0 amide bonds. The highest BCUT2D eigenvalue weighted by Crippen LogP contribution is 2.01. The van der Waals surface area contributed by atoms with Crippen LogP contribution in [0, 0.1) is 21.6 Å². The quantitative estimate of drug-likeness (QED) is 0.642. The lowest BCUT2D eigenvalue weighted by molar-refractivity contribution is -1.92. The van der Waals surface area contributed by atoms with E-state index in [1.165, 1.54) is 65.1 Å². The van der Waals surface area contributed by atoms with Crippen molar-refractivity contribution in [3.63, 3.8) is 0 Å². The third-order valence-electron chi connectivity index (χ3n) is 2.48. The molecule has 0 heterocycles.